The van der Waals surface area contributed by atoms with Crippen molar-refractivity contribution < 1.29 is 19.5 Å². The van der Waals surface area contributed by atoms with Crippen molar-refractivity contribution >= 4 is 17.8 Å². The number of aliphatic carboxylic acids is 1. The molecule has 1 aliphatic rings. The second kappa shape index (κ2) is 4.44. The third-order valence-electron chi connectivity index (χ3n) is 3.32. The highest BCUT2D eigenvalue weighted by atomic mass is 16.4. The summed E-state index contributed by atoms with van der Waals surface area (Å²) in [6, 6.07) is -0.663. The summed E-state index contributed by atoms with van der Waals surface area (Å²) in [6.07, 6.45) is 0.0554. The Kier molecular flexibility index (Phi) is 3.56. The van der Waals surface area contributed by atoms with Gasteiger partial charge in [0, 0.05) is 7.05 Å². The molecule has 0 aromatic heterocycles. The van der Waals surface area contributed by atoms with E-state index in [0.717, 1.165) is 4.90 Å². The standard InChI is InChI=1S/C11H18N2O4/c1-5-13(11(2,3)10(16)17)7-6-8(14)12(4)9(7)15/h7H,5-6H2,1-4H3,(H,16,17). The molecule has 1 atom stereocenters. The number of likely N-dealkylation sites (tertiary alicyclic amines) is 1. The van der Waals surface area contributed by atoms with Gasteiger partial charge < -0.3 is 5.11 Å². The molecule has 0 bridgehead atoms. The summed E-state index contributed by atoms with van der Waals surface area (Å²) in [5.41, 5.74) is -1.17. The molecule has 17 heavy (non-hydrogen) atoms. The van der Waals surface area contributed by atoms with Gasteiger partial charge in [0.2, 0.25) is 11.8 Å². The van der Waals surface area contributed by atoms with Gasteiger partial charge in [0.25, 0.3) is 0 Å². The smallest absolute Gasteiger partial charge is 0.323 e. The van der Waals surface area contributed by atoms with E-state index >= 15 is 0 Å². The van der Waals surface area contributed by atoms with E-state index in [4.69, 9.17) is 5.11 Å². The molecular formula is C11H18N2O4. The lowest BCUT2D eigenvalue weighted by molar-refractivity contribution is -0.152. The van der Waals surface area contributed by atoms with E-state index in [0.29, 0.717) is 6.54 Å². The van der Waals surface area contributed by atoms with Gasteiger partial charge in [-0.05, 0) is 20.4 Å². The molecule has 1 aliphatic heterocycles. The van der Waals surface area contributed by atoms with Gasteiger partial charge in [-0.25, -0.2) is 0 Å². The molecule has 0 radical (unpaired) electrons. The second-order valence-corrected chi connectivity index (χ2v) is 4.66. The summed E-state index contributed by atoms with van der Waals surface area (Å²) in [6.45, 7) is 5.25. The topological polar surface area (TPSA) is 77.9 Å². The number of nitrogens with zero attached hydrogens (tertiary/aromatic N) is 2. The predicted octanol–water partition coefficient (Wildman–Crippen LogP) is -0.0712. The van der Waals surface area contributed by atoms with Crippen LogP contribution < -0.4 is 0 Å². The van der Waals surface area contributed by atoms with E-state index in [2.05, 4.69) is 0 Å². The number of hydrogen-bond acceptors (Lipinski definition) is 4. The molecule has 0 aromatic rings. The third-order valence-corrected chi connectivity index (χ3v) is 3.32. The first-order chi connectivity index (χ1) is 7.73. The van der Waals surface area contributed by atoms with E-state index in [9.17, 15) is 14.4 Å². The van der Waals surface area contributed by atoms with E-state index in [-0.39, 0.29) is 18.2 Å². The van der Waals surface area contributed by atoms with Crippen LogP contribution in [0, 0.1) is 0 Å². The number of imide groups is 1. The van der Waals surface area contributed by atoms with Crippen LogP contribution in [0.4, 0.5) is 0 Å². The fraction of sp³-hybridized carbons (Fsp3) is 0.727. The first-order valence-electron chi connectivity index (χ1n) is 5.54. The Labute approximate surface area is 100 Å². The molecule has 6 heteroatoms. The number of carboxylic acid groups (broad SMARTS) is 1. The first-order valence-corrected chi connectivity index (χ1v) is 5.54. The molecule has 1 heterocycles. The van der Waals surface area contributed by atoms with Crippen LogP contribution in [0.2, 0.25) is 0 Å². The van der Waals surface area contributed by atoms with Crippen LogP contribution in [0.25, 0.3) is 0 Å². The lowest BCUT2D eigenvalue weighted by Crippen LogP contribution is -2.56. The normalized spacial score (nSPS) is 21.5. The predicted molar refractivity (Wildman–Crippen MR) is 60.3 cm³/mol. The van der Waals surface area contributed by atoms with Crippen molar-refractivity contribution in [2.24, 2.45) is 0 Å². The van der Waals surface area contributed by atoms with Crippen molar-refractivity contribution in [2.45, 2.75) is 38.8 Å². The Balaban J connectivity index is 3.01. The van der Waals surface area contributed by atoms with E-state index < -0.39 is 17.6 Å². The fourth-order valence-corrected chi connectivity index (χ4v) is 2.11. The molecule has 1 fully saturated rings. The lowest BCUT2D eigenvalue weighted by atomic mass is 9.99. The monoisotopic (exact) mass is 242 g/mol. The molecule has 0 aliphatic carbocycles. The van der Waals surface area contributed by atoms with Crippen LogP contribution in [-0.4, -0.2) is 57.9 Å². The van der Waals surface area contributed by atoms with Crippen molar-refractivity contribution in [1.82, 2.24) is 9.80 Å². The van der Waals surface area contributed by atoms with Crippen LogP contribution in [0.15, 0.2) is 0 Å². The van der Waals surface area contributed by atoms with Gasteiger partial charge in [-0.3, -0.25) is 24.2 Å². The largest absolute Gasteiger partial charge is 0.480 e. The number of amides is 2. The third kappa shape index (κ3) is 2.17. The molecule has 0 spiro atoms. The zero-order valence-electron chi connectivity index (χ0n) is 10.6. The van der Waals surface area contributed by atoms with Crippen LogP contribution >= 0.6 is 0 Å². The molecule has 0 aromatic carbocycles. The van der Waals surface area contributed by atoms with Crippen LogP contribution in [-0.2, 0) is 14.4 Å². The molecular weight excluding hydrogens is 224 g/mol. The molecule has 1 rings (SSSR count). The number of likely N-dealkylation sites (N-methyl/N-ethyl adjacent to an activating group) is 2. The SMILES string of the molecule is CCN(C1CC(=O)N(C)C1=O)C(C)(C)C(=O)O. The van der Waals surface area contributed by atoms with E-state index in [1.165, 1.54) is 20.9 Å². The number of carbonyl (C=O) groups excluding carboxylic acids is 2. The highest BCUT2D eigenvalue weighted by Crippen LogP contribution is 2.25. The molecule has 0 saturated carbocycles. The molecule has 2 amide bonds. The Morgan fingerprint density at radius 2 is 2.06 bits per heavy atom. The number of rotatable bonds is 4. The van der Waals surface area contributed by atoms with Crippen molar-refractivity contribution in [1.29, 1.82) is 0 Å². The van der Waals surface area contributed by atoms with Gasteiger partial charge in [-0.1, -0.05) is 6.92 Å². The maximum Gasteiger partial charge on any atom is 0.323 e. The zero-order valence-corrected chi connectivity index (χ0v) is 10.6. The average molecular weight is 242 g/mol. The Morgan fingerprint density at radius 3 is 2.35 bits per heavy atom. The molecule has 96 valence electrons. The summed E-state index contributed by atoms with van der Waals surface area (Å²) in [4.78, 5) is 37.1. The van der Waals surface area contributed by atoms with Gasteiger partial charge in [-0.2, -0.15) is 0 Å². The maximum absolute atomic E-state index is 11.9. The minimum atomic E-state index is -1.17. The molecule has 6 nitrogen and oxygen atoms in total. The maximum atomic E-state index is 11.9. The van der Waals surface area contributed by atoms with Gasteiger partial charge in [-0.15, -0.1) is 0 Å². The van der Waals surface area contributed by atoms with Gasteiger partial charge >= 0.3 is 5.97 Å². The van der Waals surface area contributed by atoms with E-state index in [1.54, 1.807) is 11.8 Å². The Hall–Kier alpha value is -1.43. The number of carbonyl (C=O) groups is 3. The van der Waals surface area contributed by atoms with Crippen molar-refractivity contribution in [2.75, 3.05) is 13.6 Å². The van der Waals surface area contributed by atoms with Crippen LogP contribution in [0.3, 0.4) is 0 Å². The summed E-state index contributed by atoms with van der Waals surface area (Å²) in [5.74, 6) is -1.60. The minimum Gasteiger partial charge on any atom is -0.480 e. The summed E-state index contributed by atoms with van der Waals surface area (Å²) in [5, 5.41) is 9.17. The van der Waals surface area contributed by atoms with Crippen molar-refractivity contribution in [3.8, 4) is 0 Å². The van der Waals surface area contributed by atoms with Gasteiger partial charge in [0.1, 0.15) is 5.54 Å². The van der Waals surface area contributed by atoms with Crippen LogP contribution in [0.1, 0.15) is 27.2 Å². The average Bonchev–Trinajstić information content (AvgIpc) is 2.47. The Morgan fingerprint density at radius 1 is 1.53 bits per heavy atom. The molecule has 1 unspecified atom stereocenters. The highest BCUT2D eigenvalue weighted by molar-refractivity contribution is 6.05. The zero-order chi connectivity index (χ0) is 13.4. The number of carboxylic acids is 1. The van der Waals surface area contributed by atoms with Crippen molar-refractivity contribution in [3.05, 3.63) is 0 Å². The van der Waals surface area contributed by atoms with Gasteiger partial charge in [0.05, 0.1) is 12.5 Å². The van der Waals surface area contributed by atoms with Gasteiger partial charge in [0.15, 0.2) is 0 Å². The van der Waals surface area contributed by atoms with E-state index in [1.807, 2.05) is 0 Å². The lowest BCUT2D eigenvalue weighted by Gasteiger charge is -2.37. The van der Waals surface area contributed by atoms with Crippen molar-refractivity contribution in [3.63, 3.8) is 0 Å². The van der Waals surface area contributed by atoms with Crippen LogP contribution in [0.5, 0.6) is 0 Å². The molecule has 1 N–H and O–H groups in total. The Bertz CT molecular complexity index is 364. The fourth-order valence-electron chi connectivity index (χ4n) is 2.11. The summed E-state index contributed by atoms with van der Waals surface area (Å²) >= 11 is 0. The minimum absolute atomic E-state index is 0.0554. The highest BCUT2D eigenvalue weighted by Gasteiger charge is 2.46. The first kappa shape index (κ1) is 13.6. The summed E-state index contributed by atoms with van der Waals surface area (Å²) < 4.78 is 0. The second-order valence-electron chi connectivity index (χ2n) is 4.66. The molecule has 1 saturated heterocycles. The quantitative estimate of drug-likeness (QED) is 0.698. The number of hydrogen-bond donors (Lipinski definition) is 1. The summed E-state index contributed by atoms with van der Waals surface area (Å²) in [7, 11) is 1.42.